The number of anilines is 1. The number of carbonyl (C=O) groups excluding carboxylic acids is 2. The normalized spacial score (nSPS) is 9.57. The Morgan fingerprint density at radius 2 is 2.07 bits per heavy atom. The Hall–Kier alpha value is -1.36. The molecular formula is C9H7BrNO3-. The van der Waals surface area contributed by atoms with Crippen molar-refractivity contribution in [2.24, 2.45) is 0 Å². The molecular weight excluding hydrogens is 250 g/mol. The molecule has 0 atom stereocenters. The van der Waals surface area contributed by atoms with E-state index in [0.29, 0.717) is 4.47 Å². The number of carbonyl (C=O) groups is 2. The molecule has 0 unspecified atom stereocenters. The van der Waals surface area contributed by atoms with Crippen LogP contribution in [0.15, 0.2) is 22.7 Å². The summed E-state index contributed by atoms with van der Waals surface area (Å²) in [6.07, 6.45) is 0. The fourth-order valence-electron chi connectivity index (χ4n) is 0.984. The lowest BCUT2D eigenvalue weighted by Gasteiger charge is -2.10. The van der Waals surface area contributed by atoms with Crippen LogP contribution in [0.3, 0.4) is 0 Å². The molecule has 1 aromatic rings. The van der Waals surface area contributed by atoms with Crippen molar-refractivity contribution in [3.8, 4) is 0 Å². The molecule has 14 heavy (non-hydrogen) atoms. The van der Waals surface area contributed by atoms with E-state index in [0.717, 1.165) is 0 Å². The van der Waals surface area contributed by atoms with Crippen LogP contribution in [0.1, 0.15) is 17.3 Å². The lowest BCUT2D eigenvalue weighted by molar-refractivity contribution is -0.254. The molecule has 0 heterocycles. The molecule has 0 saturated heterocycles. The molecule has 74 valence electrons. The number of rotatable bonds is 2. The lowest BCUT2D eigenvalue weighted by atomic mass is 10.2. The van der Waals surface area contributed by atoms with E-state index in [2.05, 4.69) is 21.2 Å². The summed E-state index contributed by atoms with van der Waals surface area (Å²) in [5.41, 5.74) is 0.190. The Balaban J connectivity index is 3.14. The molecule has 1 rings (SSSR count). The SMILES string of the molecule is CC(=O)Nc1ccc(Br)cc1C(=O)[O-]. The number of hydrogen-bond donors (Lipinski definition) is 1. The number of carboxylic acids is 1. The van der Waals surface area contributed by atoms with E-state index in [-0.39, 0.29) is 17.2 Å². The molecule has 0 radical (unpaired) electrons. The second-order valence-electron chi connectivity index (χ2n) is 2.66. The summed E-state index contributed by atoms with van der Waals surface area (Å²) in [5.74, 6) is -1.65. The van der Waals surface area contributed by atoms with Crippen molar-refractivity contribution < 1.29 is 14.7 Å². The highest BCUT2D eigenvalue weighted by Crippen LogP contribution is 2.20. The maximum atomic E-state index is 10.7. The van der Waals surface area contributed by atoms with Crippen LogP contribution in [0, 0.1) is 0 Å². The zero-order valence-corrected chi connectivity index (χ0v) is 8.92. The van der Waals surface area contributed by atoms with Crippen molar-refractivity contribution in [1.29, 1.82) is 0 Å². The maximum Gasteiger partial charge on any atom is 0.221 e. The van der Waals surface area contributed by atoms with E-state index in [9.17, 15) is 14.7 Å². The predicted molar refractivity (Wildman–Crippen MR) is 52.8 cm³/mol. The van der Waals surface area contributed by atoms with Gasteiger partial charge in [0.25, 0.3) is 0 Å². The zero-order valence-electron chi connectivity index (χ0n) is 7.33. The smallest absolute Gasteiger partial charge is 0.221 e. The van der Waals surface area contributed by atoms with Crippen molar-refractivity contribution in [2.45, 2.75) is 6.92 Å². The van der Waals surface area contributed by atoms with Gasteiger partial charge in [-0.2, -0.15) is 0 Å². The zero-order chi connectivity index (χ0) is 10.7. The highest BCUT2D eigenvalue weighted by Gasteiger charge is 2.05. The van der Waals surface area contributed by atoms with Gasteiger partial charge in [0.15, 0.2) is 0 Å². The topological polar surface area (TPSA) is 69.2 Å². The Morgan fingerprint density at radius 1 is 1.43 bits per heavy atom. The molecule has 4 nitrogen and oxygen atoms in total. The van der Waals surface area contributed by atoms with Crippen molar-refractivity contribution in [3.63, 3.8) is 0 Å². The number of hydrogen-bond acceptors (Lipinski definition) is 3. The van der Waals surface area contributed by atoms with Crippen LogP contribution in [-0.4, -0.2) is 11.9 Å². The number of amides is 1. The number of aromatic carboxylic acids is 1. The third-order valence-electron chi connectivity index (χ3n) is 1.51. The first-order valence-corrected chi connectivity index (χ1v) is 4.58. The van der Waals surface area contributed by atoms with Crippen molar-refractivity contribution in [1.82, 2.24) is 0 Å². The minimum atomic E-state index is -1.32. The summed E-state index contributed by atoms with van der Waals surface area (Å²) in [6.45, 7) is 1.31. The van der Waals surface area contributed by atoms with Crippen molar-refractivity contribution in [3.05, 3.63) is 28.2 Å². The summed E-state index contributed by atoms with van der Waals surface area (Å²) in [4.78, 5) is 21.4. The quantitative estimate of drug-likeness (QED) is 0.850. The Bertz CT molecular complexity index is 390. The first-order valence-electron chi connectivity index (χ1n) is 3.79. The van der Waals surface area contributed by atoms with E-state index < -0.39 is 5.97 Å². The summed E-state index contributed by atoms with van der Waals surface area (Å²) in [5, 5.41) is 13.1. The van der Waals surface area contributed by atoms with Crippen LogP contribution in [0.4, 0.5) is 5.69 Å². The van der Waals surface area contributed by atoms with Crippen molar-refractivity contribution >= 4 is 33.5 Å². The molecule has 0 aromatic heterocycles. The molecule has 1 amide bonds. The summed E-state index contributed by atoms with van der Waals surface area (Å²) in [6, 6.07) is 4.51. The highest BCUT2D eigenvalue weighted by atomic mass is 79.9. The van der Waals surface area contributed by atoms with Crippen LogP contribution in [0.25, 0.3) is 0 Å². The minimum absolute atomic E-state index is 0.0467. The molecule has 0 saturated carbocycles. The van der Waals surface area contributed by atoms with Gasteiger partial charge in [-0.25, -0.2) is 0 Å². The summed E-state index contributed by atoms with van der Waals surface area (Å²) in [7, 11) is 0. The fraction of sp³-hybridized carbons (Fsp3) is 0.111. The second-order valence-corrected chi connectivity index (χ2v) is 3.57. The van der Waals surface area contributed by atoms with Gasteiger partial charge >= 0.3 is 0 Å². The van der Waals surface area contributed by atoms with Gasteiger partial charge in [0.1, 0.15) is 0 Å². The average molecular weight is 257 g/mol. The highest BCUT2D eigenvalue weighted by molar-refractivity contribution is 9.10. The van der Waals surface area contributed by atoms with Crippen LogP contribution < -0.4 is 10.4 Å². The van der Waals surface area contributed by atoms with Gasteiger partial charge in [-0.05, 0) is 18.2 Å². The monoisotopic (exact) mass is 256 g/mol. The molecule has 1 aromatic carbocycles. The van der Waals surface area contributed by atoms with Gasteiger partial charge in [-0.15, -0.1) is 0 Å². The molecule has 0 aliphatic rings. The van der Waals surface area contributed by atoms with Crippen molar-refractivity contribution in [2.75, 3.05) is 5.32 Å². The van der Waals surface area contributed by atoms with Gasteiger partial charge in [-0.3, -0.25) is 4.79 Å². The van der Waals surface area contributed by atoms with Gasteiger partial charge in [0.2, 0.25) is 5.91 Å². The first-order chi connectivity index (χ1) is 6.50. The van der Waals surface area contributed by atoms with Crippen LogP contribution in [0.5, 0.6) is 0 Å². The predicted octanol–water partition coefficient (Wildman–Crippen LogP) is 0.771. The third-order valence-corrected chi connectivity index (χ3v) is 2.01. The molecule has 1 N–H and O–H groups in total. The van der Waals surface area contributed by atoms with Crippen LogP contribution >= 0.6 is 15.9 Å². The van der Waals surface area contributed by atoms with Crippen LogP contribution in [-0.2, 0) is 4.79 Å². The van der Waals surface area contributed by atoms with Gasteiger partial charge in [0, 0.05) is 22.6 Å². The molecule has 0 fully saturated rings. The largest absolute Gasteiger partial charge is 0.545 e. The number of nitrogens with one attached hydrogen (secondary N) is 1. The molecule has 0 bridgehead atoms. The number of carboxylic acid groups (broad SMARTS) is 1. The maximum absolute atomic E-state index is 10.7. The Labute approximate surface area is 89.1 Å². The summed E-state index contributed by atoms with van der Waals surface area (Å²) < 4.78 is 0.616. The van der Waals surface area contributed by atoms with E-state index in [1.54, 1.807) is 6.07 Å². The van der Waals surface area contributed by atoms with Gasteiger partial charge in [-0.1, -0.05) is 15.9 Å². The average Bonchev–Trinajstić information content (AvgIpc) is 2.07. The Morgan fingerprint density at radius 3 is 2.57 bits per heavy atom. The third kappa shape index (κ3) is 2.56. The Kier molecular flexibility index (Phi) is 3.24. The first kappa shape index (κ1) is 10.7. The van der Waals surface area contributed by atoms with Gasteiger partial charge < -0.3 is 15.2 Å². The molecule has 0 aliphatic carbocycles. The van der Waals surface area contributed by atoms with E-state index in [4.69, 9.17) is 0 Å². The fourth-order valence-corrected chi connectivity index (χ4v) is 1.35. The number of halogens is 1. The standard InChI is InChI=1S/C9H8BrNO3/c1-5(12)11-8-3-2-6(10)4-7(8)9(13)14/h2-4H,1H3,(H,11,12)(H,13,14)/p-1. The molecule has 0 aliphatic heterocycles. The summed E-state index contributed by atoms with van der Waals surface area (Å²) >= 11 is 3.13. The number of benzene rings is 1. The minimum Gasteiger partial charge on any atom is -0.545 e. The van der Waals surface area contributed by atoms with Crippen LogP contribution in [0.2, 0.25) is 0 Å². The van der Waals surface area contributed by atoms with E-state index in [1.165, 1.54) is 19.1 Å². The second kappa shape index (κ2) is 4.23. The molecule has 0 spiro atoms. The lowest BCUT2D eigenvalue weighted by Crippen LogP contribution is -2.24. The van der Waals surface area contributed by atoms with E-state index >= 15 is 0 Å². The molecule has 5 heteroatoms. The van der Waals surface area contributed by atoms with E-state index in [1.807, 2.05) is 0 Å². The van der Waals surface area contributed by atoms with Gasteiger partial charge in [0.05, 0.1) is 5.97 Å².